The van der Waals surface area contributed by atoms with E-state index < -0.39 is 0 Å². The predicted octanol–water partition coefficient (Wildman–Crippen LogP) is 6.65. The number of nitrogens with zero attached hydrogens (tertiary/aromatic N) is 10. The maximum atomic E-state index is 5.06. The van der Waals surface area contributed by atoms with E-state index in [1.54, 1.807) is 0 Å². The van der Waals surface area contributed by atoms with Gasteiger partial charge in [-0.3, -0.25) is 0 Å². The number of piperidine rings is 4. The maximum absolute atomic E-state index is 5.06. The first-order valence-corrected chi connectivity index (χ1v) is 24.1. The van der Waals surface area contributed by atoms with Gasteiger partial charge in [-0.05, 0) is 181 Å². The molecule has 0 unspecified atom stereocenters. The van der Waals surface area contributed by atoms with E-state index >= 15 is 0 Å². The summed E-state index contributed by atoms with van der Waals surface area (Å²) in [5, 5.41) is 14.4. The second-order valence-corrected chi connectivity index (χ2v) is 18.0. The zero-order chi connectivity index (χ0) is 39.5. The SMILES string of the molecule is C1CCN(CCCNc2nc(NCCCN3CCCCC3)nc(C3CCC(c4nc(NCCCN5CCCCC5)nc(NCCCN5CCCCC5)n4)CC3)n2)CC1. The molecule has 2 aromatic rings. The average molecular weight is 803 g/mol. The molecule has 5 aliphatic rings. The minimum atomic E-state index is 0.295. The van der Waals surface area contributed by atoms with Gasteiger partial charge in [0.05, 0.1) is 0 Å². The van der Waals surface area contributed by atoms with Gasteiger partial charge in [0.15, 0.2) is 0 Å². The summed E-state index contributed by atoms with van der Waals surface area (Å²) < 4.78 is 0. The van der Waals surface area contributed by atoms with E-state index in [1.165, 1.54) is 129 Å². The second kappa shape index (κ2) is 24.3. The van der Waals surface area contributed by atoms with E-state index in [4.69, 9.17) is 29.9 Å². The molecule has 0 aromatic carbocycles. The van der Waals surface area contributed by atoms with Crippen LogP contribution in [0.15, 0.2) is 0 Å². The Kier molecular flexibility index (Phi) is 18.1. The molecule has 0 spiro atoms. The van der Waals surface area contributed by atoms with Crippen molar-refractivity contribution in [1.82, 2.24) is 49.5 Å². The van der Waals surface area contributed by atoms with Crippen molar-refractivity contribution in [2.45, 2.75) is 140 Å². The monoisotopic (exact) mass is 803 g/mol. The Morgan fingerprint density at radius 2 is 0.569 bits per heavy atom. The predicted molar refractivity (Wildman–Crippen MR) is 237 cm³/mol. The van der Waals surface area contributed by atoms with E-state index in [1.807, 2.05) is 0 Å². The van der Waals surface area contributed by atoms with Gasteiger partial charge in [0.25, 0.3) is 0 Å². The Bertz CT molecular complexity index is 1230. The van der Waals surface area contributed by atoms with Crippen LogP contribution in [0.4, 0.5) is 23.8 Å². The summed E-state index contributed by atoms with van der Waals surface area (Å²) in [6.45, 7) is 18.0. The fourth-order valence-electron chi connectivity index (χ4n) is 9.82. The summed E-state index contributed by atoms with van der Waals surface area (Å²) in [5.74, 6) is 5.30. The molecule has 0 amide bonds. The molecule has 14 heteroatoms. The first-order valence-electron chi connectivity index (χ1n) is 24.1. The highest BCUT2D eigenvalue weighted by molar-refractivity contribution is 5.36. The molecule has 7 rings (SSSR count). The van der Waals surface area contributed by atoms with Crippen molar-refractivity contribution in [3.63, 3.8) is 0 Å². The third-order valence-electron chi connectivity index (χ3n) is 13.3. The van der Waals surface area contributed by atoms with Crippen LogP contribution in [0.3, 0.4) is 0 Å². The zero-order valence-electron chi connectivity index (χ0n) is 36.1. The highest BCUT2D eigenvalue weighted by Crippen LogP contribution is 2.39. The minimum absolute atomic E-state index is 0.295. The molecular formula is C44H78N14. The largest absolute Gasteiger partial charge is 0.354 e. The average Bonchev–Trinajstić information content (AvgIpc) is 3.28. The molecule has 0 atom stereocenters. The van der Waals surface area contributed by atoms with E-state index in [-0.39, 0.29) is 0 Å². The first kappa shape index (κ1) is 43.2. The van der Waals surface area contributed by atoms with Crippen LogP contribution in [0.2, 0.25) is 0 Å². The van der Waals surface area contributed by atoms with Crippen LogP contribution in [0.25, 0.3) is 0 Å². The van der Waals surface area contributed by atoms with Crippen LogP contribution in [0.1, 0.15) is 152 Å². The van der Waals surface area contributed by atoms with Gasteiger partial charge in [-0.25, -0.2) is 0 Å². The molecule has 14 nitrogen and oxygen atoms in total. The third-order valence-corrected chi connectivity index (χ3v) is 13.3. The molecular weight excluding hydrogens is 725 g/mol. The first-order chi connectivity index (χ1) is 28.7. The van der Waals surface area contributed by atoms with Crippen molar-refractivity contribution in [2.75, 3.05) is 126 Å². The van der Waals surface area contributed by atoms with Crippen molar-refractivity contribution in [3.8, 4) is 0 Å². The molecule has 1 aliphatic carbocycles. The molecule has 6 heterocycles. The second-order valence-electron chi connectivity index (χ2n) is 18.0. The van der Waals surface area contributed by atoms with Crippen molar-refractivity contribution in [3.05, 3.63) is 11.6 Å². The van der Waals surface area contributed by atoms with E-state index in [2.05, 4.69) is 40.9 Å². The number of likely N-dealkylation sites (tertiary alicyclic amines) is 4. The summed E-state index contributed by atoms with van der Waals surface area (Å²) >= 11 is 0. The fourth-order valence-corrected chi connectivity index (χ4v) is 9.82. The van der Waals surface area contributed by atoms with Gasteiger partial charge in [0.1, 0.15) is 11.6 Å². The summed E-state index contributed by atoms with van der Waals surface area (Å²) in [7, 11) is 0. The standard InChI is InChI=1S/C44H78N14/c1-5-25-55(26-6-1)33-13-21-45-41-49-39(50-42(53-41)46-22-14-34-56-27-7-2-8-28-56)37-17-19-38(20-18-37)40-51-43(47-23-15-35-57-29-9-3-10-30-57)54-44(52-40)48-24-16-36-58-31-11-4-12-32-58/h37-38H,1-36H2,(H2,45,46,49,50,53)(H2,47,48,51,52,54). The molecule has 4 saturated heterocycles. The molecule has 2 aromatic heterocycles. The highest BCUT2D eigenvalue weighted by Gasteiger charge is 2.29. The quantitative estimate of drug-likeness (QED) is 0.0946. The summed E-state index contributed by atoms with van der Waals surface area (Å²) in [6, 6.07) is 0. The van der Waals surface area contributed by atoms with Crippen molar-refractivity contribution in [1.29, 1.82) is 0 Å². The van der Waals surface area contributed by atoms with Gasteiger partial charge in [-0.15, -0.1) is 0 Å². The number of aromatic nitrogens is 6. The van der Waals surface area contributed by atoms with Crippen LogP contribution >= 0.6 is 0 Å². The normalized spacial score (nSPS) is 23.1. The topological polar surface area (TPSA) is 138 Å². The number of anilines is 4. The molecule has 4 N–H and O–H groups in total. The lowest BCUT2D eigenvalue weighted by Gasteiger charge is -2.28. The molecule has 4 aliphatic heterocycles. The van der Waals surface area contributed by atoms with Crippen molar-refractivity contribution in [2.24, 2.45) is 0 Å². The Balaban J connectivity index is 0.951. The van der Waals surface area contributed by atoms with E-state index in [0.29, 0.717) is 35.6 Å². The maximum Gasteiger partial charge on any atom is 0.227 e. The molecule has 5 fully saturated rings. The Morgan fingerprint density at radius 1 is 0.328 bits per heavy atom. The third kappa shape index (κ3) is 14.7. The van der Waals surface area contributed by atoms with Gasteiger partial charge in [-0.1, -0.05) is 25.7 Å². The van der Waals surface area contributed by atoms with Crippen LogP contribution in [0.5, 0.6) is 0 Å². The number of hydrogen-bond donors (Lipinski definition) is 4. The number of nitrogens with one attached hydrogen (secondary N) is 4. The lowest BCUT2D eigenvalue weighted by molar-refractivity contribution is 0.228. The number of hydrogen-bond acceptors (Lipinski definition) is 14. The molecule has 1 saturated carbocycles. The molecule has 58 heavy (non-hydrogen) atoms. The Hall–Kier alpha value is -2.94. The molecule has 0 bridgehead atoms. The van der Waals surface area contributed by atoms with Gasteiger partial charge in [0, 0.05) is 38.0 Å². The summed E-state index contributed by atoms with van der Waals surface area (Å²) in [5.41, 5.74) is 0. The van der Waals surface area contributed by atoms with Crippen molar-refractivity contribution < 1.29 is 0 Å². The van der Waals surface area contributed by atoms with Crippen LogP contribution < -0.4 is 21.3 Å². The van der Waals surface area contributed by atoms with Crippen LogP contribution in [-0.2, 0) is 0 Å². The highest BCUT2D eigenvalue weighted by atomic mass is 15.2. The van der Waals surface area contributed by atoms with Gasteiger partial charge in [0.2, 0.25) is 23.8 Å². The van der Waals surface area contributed by atoms with Crippen LogP contribution in [0, 0.1) is 0 Å². The lowest BCUT2D eigenvalue weighted by Crippen LogP contribution is -2.31. The van der Waals surface area contributed by atoms with Gasteiger partial charge < -0.3 is 40.9 Å². The zero-order valence-corrected chi connectivity index (χ0v) is 36.1. The lowest BCUT2D eigenvalue weighted by atomic mass is 9.81. The van der Waals surface area contributed by atoms with Gasteiger partial charge in [-0.2, -0.15) is 29.9 Å². The minimum Gasteiger partial charge on any atom is -0.354 e. The smallest absolute Gasteiger partial charge is 0.227 e. The van der Waals surface area contributed by atoms with Crippen LogP contribution in [-0.4, -0.2) is 154 Å². The number of rotatable bonds is 22. The summed E-state index contributed by atoms with van der Waals surface area (Å²) in [4.78, 5) is 40.4. The molecule has 324 valence electrons. The van der Waals surface area contributed by atoms with E-state index in [0.717, 1.165) is 115 Å². The Morgan fingerprint density at radius 3 is 0.810 bits per heavy atom. The molecule has 0 radical (unpaired) electrons. The summed E-state index contributed by atoms with van der Waals surface area (Å²) in [6.07, 6.45) is 24.6. The fraction of sp³-hybridized carbons (Fsp3) is 0.864. The Labute approximate surface area is 350 Å². The van der Waals surface area contributed by atoms with Crippen molar-refractivity contribution >= 4 is 23.8 Å². The van der Waals surface area contributed by atoms with E-state index in [9.17, 15) is 0 Å². The van der Waals surface area contributed by atoms with Gasteiger partial charge >= 0.3 is 0 Å².